The number of nitrogens with zero attached hydrogens (tertiary/aromatic N) is 4. The molecule has 4 aromatic carbocycles. The number of amides is 1. The van der Waals surface area contributed by atoms with Crippen LogP contribution in [0.15, 0.2) is 106 Å². The summed E-state index contributed by atoms with van der Waals surface area (Å²) < 4.78 is 12.9. The lowest BCUT2D eigenvalue weighted by atomic mass is 10.0. The molecule has 8 nitrogen and oxygen atoms in total. The zero-order valence-electron chi connectivity index (χ0n) is 24.4. The molecular formula is C35H32BrN5O3. The van der Waals surface area contributed by atoms with Crippen molar-refractivity contribution in [2.75, 3.05) is 0 Å². The summed E-state index contributed by atoms with van der Waals surface area (Å²) in [6.07, 6.45) is 2.70. The maximum absolute atomic E-state index is 14.4. The van der Waals surface area contributed by atoms with Crippen molar-refractivity contribution >= 4 is 32.8 Å². The number of hydrogen-bond donors (Lipinski definition) is 1. The van der Waals surface area contributed by atoms with Gasteiger partial charge in [0.1, 0.15) is 17.1 Å². The Bertz CT molecular complexity index is 1840. The summed E-state index contributed by atoms with van der Waals surface area (Å²) in [7, 11) is 0. The van der Waals surface area contributed by atoms with Gasteiger partial charge in [-0.2, -0.15) is 5.21 Å². The van der Waals surface area contributed by atoms with Crippen molar-refractivity contribution in [3.05, 3.63) is 130 Å². The first-order valence-electron chi connectivity index (χ1n) is 14.7. The first-order chi connectivity index (χ1) is 21.6. The second-order valence-corrected chi connectivity index (χ2v) is 11.4. The smallest absolute Gasteiger partial charge is 0.258 e. The number of halogens is 1. The van der Waals surface area contributed by atoms with Crippen LogP contribution in [-0.4, -0.2) is 31.4 Å². The van der Waals surface area contributed by atoms with Gasteiger partial charge in [-0.1, -0.05) is 107 Å². The van der Waals surface area contributed by atoms with E-state index in [2.05, 4.69) is 73.8 Å². The van der Waals surface area contributed by atoms with Crippen molar-refractivity contribution < 1.29 is 13.9 Å². The van der Waals surface area contributed by atoms with Crippen LogP contribution in [0.2, 0.25) is 0 Å². The number of furan rings is 1. The van der Waals surface area contributed by atoms with Crippen molar-refractivity contribution in [2.24, 2.45) is 0 Å². The van der Waals surface area contributed by atoms with Crippen LogP contribution in [0.3, 0.4) is 0 Å². The molecule has 0 aliphatic carbocycles. The molecule has 6 rings (SSSR count). The minimum Gasteiger partial charge on any atom is -0.485 e. The Morgan fingerprint density at radius 1 is 0.932 bits per heavy atom. The molecule has 222 valence electrons. The van der Waals surface area contributed by atoms with Crippen molar-refractivity contribution in [1.82, 2.24) is 25.5 Å². The number of aromatic nitrogens is 4. The molecule has 1 N–H and O–H groups in total. The number of fused-ring (bicyclic) bond motifs is 1. The number of benzene rings is 4. The zero-order chi connectivity index (χ0) is 30.3. The van der Waals surface area contributed by atoms with Gasteiger partial charge in [-0.05, 0) is 52.9 Å². The molecule has 6 aromatic rings. The Morgan fingerprint density at radius 2 is 1.70 bits per heavy atom. The van der Waals surface area contributed by atoms with E-state index < -0.39 is 0 Å². The van der Waals surface area contributed by atoms with Gasteiger partial charge < -0.3 is 14.1 Å². The maximum Gasteiger partial charge on any atom is 0.258 e. The number of carbonyl (C=O) groups is 1. The van der Waals surface area contributed by atoms with Crippen molar-refractivity contribution in [2.45, 2.75) is 45.9 Å². The molecule has 0 unspecified atom stereocenters. The number of ether oxygens (including phenoxy) is 1. The molecule has 0 bridgehead atoms. The lowest BCUT2D eigenvalue weighted by molar-refractivity contribution is 0.0729. The fraction of sp³-hybridized carbons (Fsp3) is 0.200. The summed E-state index contributed by atoms with van der Waals surface area (Å²) in [4.78, 5) is 16.3. The van der Waals surface area contributed by atoms with E-state index in [0.29, 0.717) is 24.5 Å². The van der Waals surface area contributed by atoms with Crippen LogP contribution in [0.4, 0.5) is 0 Å². The lowest BCUT2D eigenvalue weighted by Crippen LogP contribution is -2.30. The van der Waals surface area contributed by atoms with Gasteiger partial charge in [0.2, 0.25) is 5.82 Å². The van der Waals surface area contributed by atoms with Crippen molar-refractivity contribution in [3.63, 3.8) is 0 Å². The Morgan fingerprint density at radius 3 is 2.45 bits per heavy atom. The standard InChI is InChI=1S/C35H32BrN5O3/c1-2-3-12-32-34(29-11-7-8-13-31(29)44-32)35(42)41(21-24-9-5-4-6-10-24)22-27-15-14-26(20-30(27)36)25-16-18-28(19-17-25)43-23-33-37-39-40-38-33/h4-11,13-20H,2-3,12,21-23H2,1H3,(H,37,38,39,40). The highest BCUT2D eigenvalue weighted by molar-refractivity contribution is 9.10. The molecular weight excluding hydrogens is 618 g/mol. The summed E-state index contributed by atoms with van der Waals surface area (Å²) in [5, 5.41) is 14.6. The highest BCUT2D eigenvalue weighted by Gasteiger charge is 2.26. The second kappa shape index (κ2) is 13.7. The minimum atomic E-state index is -0.0303. The molecule has 0 spiro atoms. The Balaban J connectivity index is 1.26. The largest absolute Gasteiger partial charge is 0.485 e. The highest BCUT2D eigenvalue weighted by Crippen LogP contribution is 2.32. The molecule has 9 heteroatoms. The van der Waals surface area contributed by atoms with E-state index in [0.717, 1.165) is 68.5 Å². The molecule has 0 radical (unpaired) electrons. The van der Waals surface area contributed by atoms with E-state index in [-0.39, 0.29) is 12.5 Å². The average molecular weight is 651 g/mol. The lowest BCUT2D eigenvalue weighted by Gasteiger charge is -2.24. The van der Waals surface area contributed by atoms with Gasteiger partial charge in [0.05, 0.1) is 5.56 Å². The summed E-state index contributed by atoms with van der Waals surface area (Å²) in [5.41, 5.74) is 5.60. The van der Waals surface area contributed by atoms with Crippen molar-refractivity contribution in [3.8, 4) is 16.9 Å². The van der Waals surface area contributed by atoms with Crippen LogP contribution < -0.4 is 4.74 Å². The monoisotopic (exact) mass is 649 g/mol. The molecule has 0 fully saturated rings. The summed E-state index contributed by atoms with van der Waals surface area (Å²) in [5.74, 6) is 1.94. The van der Waals surface area contributed by atoms with Gasteiger partial charge >= 0.3 is 0 Å². The number of hydrogen-bond acceptors (Lipinski definition) is 6. The first-order valence-corrected chi connectivity index (χ1v) is 15.5. The number of tetrazole rings is 1. The normalized spacial score (nSPS) is 11.1. The fourth-order valence-electron chi connectivity index (χ4n) is 5.20. The first kappa shape index (κ1) is 29.3. The molecule has 0 saturated carbocycles. The number of rotatable bonds is 12. The third-order valence-corrected chi connectivity index (χ3v) is 8.24. The number of H-pyrrole nitrogens is 1. The summed E-state index contributed by atoms with van der Waals surface area (Å²) in [6, 6.07) is 32.1. The van der Waals surface area contributed by atoms with E-state index in [9.17, 15) is 4.79 Å². The predicted molar refractivity (Wildman–Crippen MR) is 173 cm³/mol. The second-order valence-electron chi connectivity index (χ2n) is 10.6. The number of carbonyl (C=O) groups excluding carboxylic acids is 1. The molecule has 2 heterocycles. The van der Waals surface area contributed by atoms with Gasteiger partial charge in [-0.15, -0.1) is 10.2 Å². The molecule has 0 aliphatic rings. The zero-order valence-corrected chi connectivity index (χ0v) is 26.0. The van der Waals surface area contributed by atoms with E-state index in [4.69, 9.17) is 9.15 Å². The molecule has 0 saturated heterocycles. The summed E-state index contributed by atoms with van der Waals surface area (Å²) in [6.45, 7) is 3.30. The number of aryl methyl sites for hydroxylation is 1. The SMILES string of the molecule is CCCCc1oc2ccccc2c1C(=O)N(Cc1ccccc1)Cc1ccc(-c2ccc(OCc3nn[nH]n3)cc2)cc1Br. The topological polar surface area (TPSA) is 97.1 Å². The fourth-order valence-corrected chi connectivity index (χ4v) is 5.71. The number of para-hydroxylation sites is 1. The van der Waals surface area contributed by atoms with E-state index in [1.165, 1.54) is 0 Å². The Hall–Kier alpha value is -4.76. The van der Waals surface area contributed by atoms with Gasteiger partial charge in [0.15, 0.2) is 6.61 Å². The number of aromatic amines is 1. The van der Waals surface area contributed by atoms with Crippen LogP contribution in [0.25, 0.3) is 22.1 Å². The molecule has 0 atom stereocenters. The highest BCUT2D eigenvalue weighted by atomic mass is 79.9. The van der Waals surface area contributed by atoms with Gasteiger partial charge in [-0.3, -0.25) is 4.79 Å². The van der Waals surface area contributed by atoms with Crippen LogP contribution in [0.1, 0.15) is 52.8 Å². The average Bonchev–Trinajstić information content (AvgIpc) is 3.71. The van der Waals surface area contributed by atoms with Crippen LogP contribution in [0.5, 0.6) is 5.75 Å². The Labute approximate surface area is 264 Å². The van der Waals surface area contributed by atoms with E-state index in [1.807, 2.05) is 71.6 Å². The minimum absolute atomic E-state index is 0.0303. The summed E-state index contributed by atoms with van der Waals surface area (Å²) >= 11 is 3.80. The van der Waals surface area contributed by atoms with Crippen LogP contribution in [-0.2, 0) is 26.1 Å². The van der Waals surface area contributed by atoms with Gasteiger partial charge in [0.25, 0.3) is 5.91 Å². The van der Waals surface area contributed by atoms with Gasteiger partial charge in [0, 0.05) is 29.4 Å². The molecule has 2 aromatic heterocycles. The number of unbranched alkanes of at least 4 members (excludes halogenated alkanes) is 1. The quantitative estimate of drug-likeness (QED) is 0.144. The third kappa shape index (κ3) is 6.73. The van der Waals surface area contributed by atoms with Crippen LogP contribution >= 0.6 is 15.9 Å². The third-order valence-electron chi connectivity index (χ3n) is 7.50. The van der Waals surface area contributed by atoms with E-state index >= 15 is 0 Å². The Kier molecular flexibility index (Phi) is 9.12. The van der Waals surface area contributed by atoms with Crippen molar-refractivity contribution in [1.29, 1.82) is 0 Å². The van der Waals surface area contributed by atoms with Crippen LogP contribution in [0, 0.1) is 0 Å². The predicted octanol–water partition coefficient (Wildman–Crippen LogP) is 8.14. The maximum atomic E-state index is 14.4. The number of nitrogens with one attached hydrogen (secondary N) is 1. The van der Waals surface area contributed by atoms with Gasteiger partial charge in [-0.25, -0.2) is 0 Å². The molecule has 1 amide bonds. The van der Waals surface area contributed by atoms with E-state index in [1.54, 1.807) is 0 Å². The molecule has 44 heavy (non-hydrogen) atoms. The molecule has 0 aliphatic heterocycles.